The standard InChI is InChI=1S/C36H36F6O4/c1-3-44-32-17-16-29(35(41)36(32)42)27-15-12-25(21-31(27)38)46-19-7-5-9-23(43)8-4-6-18-45-24-11-14-26(30(37)20-24)28-13-10-22(2)33(39)34(28)40/h10-17,20-21,23,43H,3-9,18-19H2,1-2H3. The van der Waals surface area contributed by atoms with Crippen LogP contribution in [0.1, 0.15) is 51.0 Å². The Morgan fingerprint density at radius 2 is 1.04 bits per heavy atom. The Bertz CT molecular complexity index is 1630. The van der Waals surface area contributed by atoms with Crippen molar-refractivity contribution < 1.29 is 45.7 Å². The van der Waals surface area contributed by atoms with Gasteiger partial charge in [0.1, 0.15) is 23.1 Å². The summed E-state index contributed by atoms with van der Waals surface area (Å²) in [6.07, 6.45) is 3.15. The second-order valence-electron chi connectivity index (χ2n) is 10.9. The molecule has 0 aliphatic rings. The van der Waals surface area contributed by atoms with Crippen LogP contribution in [0.4, 0.5) is 26.3 Å². The van der Waals surface area contributed by atoms with Gasteiger partial charge in [-0.15, -0.1) is 0 Å². The van der Waals surface area contributed by atoms with Gasteiger partial charge in [0.05, 0.1) is 25.9 Å². The van der Waals surface area contributed by atoms with Crippen molar-refractivity contribution in [1.82, 2.24) is 0 Å². The number of halogens is 6. The van der Waals surface area contributed by atoms with E-state index in [0.717, 1.165) is 12.1 Å². The third kappa shape index (κ3) is 8.75. The highest BCUT2D eigenvalue weighted by atomic mass is 19.2. The van der Waals surface area contributed by atoms with E-state index in [2.05, 4.69) is 0 Å². The minimum Gasteiger partial charge on any atom is -0.493 e. The number of aliphatic hydroxyl groups excluding tert-OH is 1. The lowest BCUT2D eigenvalue weighted by Crippen LogP contribution is -2.08. The minimum absolute atomic E-state index is 0.0584. The first-order valence-corrected chi connectivity index (χ1v) is 15.2. The second kappa shape index (κ2) is 16.4. The molecule has 1 N–H and O–H groups in total. The van der Waals surface area contributed by atoms with Crippen LogP contribution < -0.4 is 14.2 Å². The van der Waals surface area contributed by atoms with Crippen molar-refractivity contribution in [2.24, 2.45) is 0 Å². The van der Waals surface area contributed by atoms with Crippen LogP contribution in [0.3, 0.4) is 0 Å². The van der Waals surface area contributed by atoms with Gasteiger partial charge in [0.15, 0.2) is 23.2 Å². The fraction of sp³-hybridized carbons (Fsp3) is 0.333. The summed E-state index contributed by atoms with van der Waals surface area (Å²) >= 11 is 0. The predicted molar refractivity (Wildman–Crippen MR) is 164 cm³/mol. The zero-order valence-corrected chi connectivity index (χ0v) is 25.7. The van der Waals surface area contributed by atoms with Crippen LogP contribution in [0.2, 0.25) is 0 Å². The van der Waals surface area contributed by atoms with Crippen LogP contribution in [0.25, 0.3) is 22.3 Å². The zero-order valence-electron chi connectivity index (χ0n) is 25.7. The Hall–Kier alpha value is -4.18. The summed E-state index contributed by atoms with van der Waals surface area (Å²) in [5.74, 6) is -5.67. The van der Waals surface area contributed by atoms with E-state index in [4.69, 9.17) is 14.2 Å². The molecule has 1 atom stereocenters. The molecule has 0 aliphatic heterocycles. The Kier molecular flexibility index (Phi) is 12.4. The first-order valence-electron chi connectivity index (χ1n) is 15.2. The summed E-state index contributed by atoms with van der Waals surface area (Å²) in [5.41, 5.74) is -0.398. The molecular formula is C36H36F6O4. The maximum absolute atomic E-state index is 14.7. The summed E-state index contributed by atoms with van der Waals surface area (Å²) < 4.78 is 102. The molecule has 0 heterocycles. The largest absolute Gasteiger partial charge is 0.493 e. The molecule has 0 fully saturated rings. The summed E-state index contributed by atoms with van der Waals surface area (Å²) in [7, 11) is 0. The molecule has 0 aliphatic carbocycles. The molecule has 0 saturated carbocycles. The highest BCUT2D eigenvalue weighted by Crippen LogP contribution is 2.33. The lowest BCUT2D eigenvalue weighted by atomic mass is 10.0. The molecule has 0 saturated heterocycles. The maximum atomic E-state index is 14.7. The average molecular weight is 647 g/mol. The quantitative estimate of drug-likeness (QED) is 0.0973. The maximum Gasteiger partial charge on any atom is 0.201 e. The van der Waals surface area contributed by atoms with Crippen molar-refractivity contribution in [3.8, 4) is 39.5 Å². The number of aryl methyl sites for hydroxylation is 1. The fourth-order valence-electron chi connectivity index (χ4n) is 4.96. The highest BCUT2D eigenvalue weighted by Gasteiger charge is 2.19. The van der Waals surface area contributed by atoms with Gasteiger partial charge in [-0.25, -0.2) is 22.0 Å². The van der Waals surface area contributed by atoms with Gasteiger partial charge >= 0.3 is 0 Å². The lowest BCUT2D eigenvalue weighted by molar-refractivity contribution is 0.143. The van der Waals surface area contributed by atoms with E-state index in [1.165, 1.54) is 55.5 Å². The monoisotopic (exact) mass is 646 g/mol. The molecule has 4 aromatic carbocycles. The number of rotatable bonds is 16. The number of hydrogen-bond acceptors (Lipinski definition) is 4. The van der Waals surface area contributed by atoms with Crippen molar-refractivity contribution in [2.75, 3.05) is 19.8 Å². The molecule has 1 unspecified atom stereocenters. The van der Waals surface area contributed by atoms with Crippen LogP contribution in [0.15, 0.2) is 60.7 Å². The van der Waals surface area contributed by atoms with Crippen molar-refractivity contribution in [3.05, 3.63) is 101 Å². The van der Waals surface area contributed by atoms with Gasteiger partial charge in [-0.05, 0) is 94.3 Å². The van der Waals surface area contributed by atoms with Crippen molar-refractivity contribution in [2.45, 2.75) is 58.5 Å². The summed E-state index contributed by atoms with van der Waals surface area (Å²) in [6, 6.07) is 13.2. The summed E-state index contributed by atoms with van der Waals surface area (Å²) in [5, 5.41) is 10.3. The third-order valence-corrected chi connectivity index (χ3v) is 7.48. The van der Waals surface area contributed by atoms with Crippen molar-refractivity contribution >= 4 is 0 Å². The molecular weight excluding hydrogens is 610 g/mol. The second-order valence-corrected chi connectivity index (χ2v) is 10.9. The number of benzene rings is 4. The molecule has 0 amide bonds. The van der Waals surface area contributed by atoms with E-state index in [0.29, 0.717) is 45.1 Å². The molecule has 0 radical (unpaired) electrons. The molecule has 0 bridgehead atoms. The molecule has 0 aromatic heterocycles. The van der Waals surface area contributed by atoms with E-state index in [9.17, 15) is 31.4 Å². The molecule has 246 valence electrons. The molecule has 4 rings (SSSR count). The van der Waals surface area contributed by atoms with Gasteiger partial charge in [0.2, 0.25) is 5.82 Å². The number of aliphatic hydroxyl groups is 1. The van der Waals surface area contributed by atoms with Crippen molar-refractivity contribution in [1.29, 1.82) is 0 Å². The van der Waals surface area contributed by atoms with Gasteiger partial charge in [0, 0.05) is 34.4 Å². The Morgan fingerprint density at radius 1 is 0.565 bits per heavy atom. The van der Waals surface area contributed by atoms with E-state index in [1.807, 2.05) is 0 Å². The predicted octanol–water partition coefficient (Wildman–Crippen LogP) is 9.72. The fourth-order valence-corrected chi connectivity index (χ4v) is 4.96. The Balaban J connectivity index is 1.12. The lowest BCUT2D eigenvalue weighted by Gasteiger charge is -2.13. The Labute approximate surface area is 264 Å². The van der Waals surface area contributed by atoms with E-state index in [1.54, 1.807) is 6.92 Å². The number of ether oxygens (including phenoxy) is 3. The zero-order chi connectivity index (χ0) is 33.2. The molecule has 4 nitrogen and oxygen atoms in total. The normalized spacial score (nSPS) is 11.8. The number of hydrogen-bond donors (Lipinski definition) is 1. The van der Waals surface area contributed by atoms with E-state index in [-0.39, 0.29) is 58.3 Å². The molecule has 4 aromatic rings. The van der Waals surface area contributed by atoms with Crippen LogP contribution in [0.5, 0.6) is 17.2 Å². The van der Waals surface area contributed by atoms with Gasteiger partial charge in [-0.2, -0.15) is 4.39 Å². The van der Waals surface area contributed by atoms with Crippen LogP contribution >= 0.6 is 0 Å². The van der Waals surface area contributed by atoms with Crippen LogP contribution in [0, 0.1) is 41.8 Å². The highest BCUT2D eigenvalue weighted by molar-refractivity contribution is 5.67. The summed E-state index contributed by atoms with van der Waals surface area (Å²) in [6.45, 7) is 3.82. The Morgan fingerprint density at radius 3 is 1.54 bits per heavy atom. The average Bonchev–Trinajstić information content (AvgIpc) is 3.03. The topological polar surface area (TPSA) is 47.9 Å². The first-order chi connectivity index (χ1) is 22.1. The molecule has 0 spiro atoms. The minimum atomic E-state index is -1.19. The van der Waals surface area contributed by atoms with Crippen LogP contribution in [-0.4, -0.2) is 31.0 Å². The van der Waals surface area contributed by atoms with Gasteiger partial charge < -0.3 is 19.3 Å². The van der Waals surface area contributed by atoms with Gasteiger partial charge in [0.25, 0.3) is 0 Å². The molecule has 46 heavy (non-hydrogen) atoms. The van der Waals surface area contributed by atoms with E-state index < -0.39 is 41.0 Å². The number of unbranched alkanes of at least 4 members (excludes halogenated alkanes) is 2. The summed E-state index contributed by atoms with van der Waals surface area (Å²) in [4.78, 5) is 0. The van der Waals surface area contributed by atoms with Gasteiger partial charge in [-0.3, -0.25) is 0 Å². The SMILES string of the molecule is CCOc1ccc(-c2ccc(OCCCCC(O)CCCCOc3ccc(-c4ccc(C)c(F)c4F)c(F)c3)cc2F)c(F)c1F. The van der Waals surface area contributed by atoms with Crippen molar-refractivity contribution in [3.63, 3.8) is 0 Å². The molecule has 10 heteroatoms. The van der Waals surface area contributed by atoms with Gasteiger partial charge in [-0.1, -0.05) is 12.1 Å². The van der Waals surface area contributed by atoms with Crippen LogP contribution in [-0.2, 0) is 0 Å². The van der Waals surface area contributed by atoms with E-state index >= 15 is 0 Å². The smallest absolute Gasteiger partial charge is 0.201 e. The third-order valence-electron chi connectivity index (χ3n) is 7.48. The first kappa shape index (κ1) is 34.7.